The van der Waals surface area contributed by atoms with E-state index in [-0.39, 0.29) is 30.3 Å². The maximum absolute atomic E-state index is 12.0. The van der Waals surface area contributed by atoms with E-state index >= 15 is 0 Å². The predicted molar refractivity (Wildman–Crippen MR) is 77.7 cm³/mol. The monoisotopic (exact) mass is 304 g/mol. The summed E-state index contributed by atoms with van der Waals surface area (Å²) in [5.41, 5.74) is 0.685. The largest absolute Gasteiger partial charge is 0.461 e. The Morgan fingerprint density at radius 3 is 2.82 bits per heavy atom. The highest BCUT2D eigenvalue weighted by molar-refractivity contribution is 5.88. The molecule has 7 nitrogen and oxygen atoms in total. The van der Waals surface area contributed by atoms with Crippen molar-refractivity contribution in [2.75, 3.05) is 6.61 Å². The third-order valence-electron chi connectivity index (χ3n) is 3.11. The van der Waals surface area contributed by atoms with Gasteiger partial charge in [-0.05, 0) is 0 Å². The molecule has 0 fully saturated rings. The van der Waals surface area contributed by atoms with E-state index < -0.39 is 10.9 Å². The van der Waals surface area contributed by atoms with Crippen molar-refractivity contribution < 1.29 is 18.9 Å². The summed E-state index contributed by atoms with van der Waals surface area (Å²) >= 11 is 0. The number of nitro benzene ring substituents is 1. The van der Waals surface area contributed by atoms with Crippen LogP contribution in [0.15, 0.2) is 35.1 Å². The second kappa shape index (κ2) is 6.84. The lowest BCUT2D eigenvalue weighted by atomic mass is 10.1. The van der Waals surface area contributed by atoms with Crippen LogP contribution in [0.4, 0.5) is 5.69 Å². The molecule has 0 saturated heterocycles. The highest BCUT2D eigenvalue weighted by atomic mass is 16.6. The van der Waals surface area contributed by atoms with E-state index in [9.17, 15) is 14.9 Å². The summed E-state index contributed by atoms with van der Waals surface area (Å²) < 4.78 is 10.3. The molecule has 1 aromatic heterocycles. The number of carbonyl (C=O) groups excluding carboxylic acids is 1. The summed E-state index contributed by atoms with van der Waals surface area (Å²) in [5.74, 6) is -0.105. The topological polar surface area (TPSA) is 95.5 Å². The molecule has 22 heavy (non-hydrogen) atoms. The Labute approximate surface area is 127 Å². The van der Waals surface area contributed by atoms with E-state index in [4.69, 9.17) is 9.15 Å². The lowest BCUT2D eigenvalue weighted by molar-refractivity contribution is -0.385. The molecule has 0 atom stereocenters. The van der Waals surface area contributed by atoms with Crippen molar-refractivity contribution in [2.24, 2.45) is 0 Å². The fraction of sp³-hybridized carbons (Fsp3) is 0.333. The summed E-state index contributed by atoms with van der Waals surface area (Å²) in [5, 5.41) is 10.9. The maximum Gasteiger partial charge on any atom is 0.360 e. The van der Waals surface area contributed by atoms with E-state index in [0.717, 1.165) is 0 Å². The Balaban J connectivity index is 1.98. The predicted octanol–water partition coefficient (Wildman–Crippen LogP) is 3.11. The fourth-order valence-corrected chi connectivity index (χ4v) is 2.04. The Morgan fingerprint density at radius 2 is 2.14 bits per heavy atom. The third kappa shape index (κ3) is 3.49. The van der Waals surface area contributed by atoms with Crippen molar-refractivity contribution in [1.29, 1.82) is 0 Å². The van der Waals surface area contributed by atoms with Crippen molar-refractivity contribution in [3.63, 3.8) is 0 Å². The van der Waals surface area contributed by atoms with Gasteiger partial charge in [-0.3, -0.25) is 10.1 Å². The number of aromatic nitrogens is 1. The SMILES string of the molecule is CC(C)c1ocnc1C(=O)OCCc1ccccc1[N+](=O)[O-]. The molecule has 0 unspecified atom stereocenters. The van der Waals surface area contributed by atoms with Gasteiger partial charge in [0, 0.05) is 24.0 Å². The highest BCUT2D eigenvalue weighted by Crippen LogP contribution is 2.20. The Morgan fingerprint density at radius 1 is 1.41 bits per heavy atom. The van der Waals surface area contributed by atoms with Crippen molar-refractivity contribution in [3.8, 4) is 0 Å². The lowest BCUT2D eigenvalue weighted by Crippen LogP contribution is -2.11. The van der Waals surface area contributed by atoms with Crippen molar-refractivity contribution in [2.45, 2.75) is 26.2 Å². The summed E-state index contributed by atoms with van der Waals surface area (Å²) in [4.78, 5) is 26.3. The molecule has 0 bridgehead atoms. The Hall–Kier alpha value is -2.70. The molecule has 1 heterocycles. The van der Waals surface area contributed by atoms with Crippen LogP contribution < -0.4 is 0 Å². The van der Waals surface area contributed by atoms with Gasteiger partial charge >= 0.3 is 5.97 Å². The number of para-hydroxylation sites is 1. The first-order valence-electron chi connectivity index (χ1n) is 6.83. The van der Waals surface area contributed by atoms with Crippen LogP contribution in [0.25, 0.3) is 0 Å². The van der Waals surface area contributed by atoms with Gasteiger partial charge in [0.25, 0.3) is 5.69 Å². The zero-order valence-electron chi connectivity index (χ0n) is 12.3. The van der Waals surface area contributed by atoms with Gasteiger partial charge in [0.1, 0.15) is 5.76 Å². The zero-order chi connectivity index (χ0) is 16.1. The number of nitro groups is 1. The van der Waals surface area contributed by atoms with Gasteiger partial charge in [-0.2, -0.15) is 0 Å². The quantitative estimate of drug-likeness (QED) is 0.462. The van der Waals surface area contributed by atoms with Crippen molar-refractivity contribution in [3.05, 3.63) is 57.8 Å². The van der Waals surface area contributed by atoms with E-state index in [2.05, 4.69) is 4.98 Å². The van der Waals surface area contributed by atoms with Gasteiger partial charge in [-0.1, -0.05) is 32.0 Å². The lowest BCUT2D eigenvalue weighted by Gasteiger charge is -2.06. The first-order valence-corrected chi connectivity index (χ1v) is 6.83. The number of nitrogens with zero attached hydrogens (tertiary/aromatic N) is 2. The molecule has 0 aliphatic rings. The molecular weight excluding hydrogens is 288 g/mol. The van der Waals surface area contributed by atoms with Crippen LogP contribution in [0.3, 0.4) is 0 Å². The van der Waals surface area contributed by atoms with E-state index in [1.54, 1.807) is 18.2 Å². The van der Waals surface area contributed by atoms with Gasteiger partial charge in [0.05, 0.1) is 11.5 Å². The van der Waals surface area contributed by atoms with E-state index in [0.29, 0.717) is 11.3 Å². The number of esters is 1. The van der Waals surface area contributed by atoms with Crippen LogP contribution >= 0.6 is 0 Å². The van der Waals surface area contributed by atoms with Gasteiger partial charge in [-0.25, -0.2) is 9.78 Å². The van der Waals surface area contributed by atoms with Crippen LogP contribution in [0.1, 0.15) is 41.6 Å². The van der Waals surface area contributed by atoms with Gasteiger partial charge in [-0.15, -0.1) is 0 Å². The summed E-state index contributed by atoms with van der Waals surface area (Å²) in [6.45, 7) is 3.79. The van der Waals surface area contributed by atoms with Crippen LogP contribution in [0, 0.1) is 10.1 Å². The van der Waals surface area contributed by atoms with Crippen LogP contribution in [-0.2, 0) is 11.2 Å². The Bertz CT molecular complexity index is 678. The molecule has 0 spiro atoms. The molecule has 0 N–H and O–H groups in total. The average Bonchev–Trinajstić information content (AvgIpc) is 2.97. The minimum Gasteiger partial charge on any atom is -0.461 e. The number of oxazole rings is 1. The molecule has 2 rings (SSSR count). The number of rotatable bonds is 6. The van der Waals surface area contributed by atoms with E-state index in [1.165, 1.54) is 12.5 Å². The molecule has 7 heteroatoms. The minimum atomic E-state index is -0.587. The standard InChI is InChI=1S/C15H16N2O5/c1-10(2)14-13(16-9-22-14)15(18)21-8-7-11-5-3-4-6-12(11)17(19)20/h3-6,9-10H,7-8H2,1-2H3. The van der Waals surface area contributed by atoms with Crippen LogP contribution in [0.5, 0.6) is 0 Å². The molecule has 0 radical (unpaired) electrons. The number of ether oxygens (including phenoxy) is 1. The number of hydrogen-bond donors (Lipinski definition) is 0. The smallest absolute Gasteiger partial charge is 0.360 e. The summed E-state index contributed by atoms with van der Waals surface area (Å²) in [7, 11) is 0. The molecule has 2 aromatic rings. The zero-order valence-corrected chi connectivity index (χ0v) is 12.3. The van der Waals surface area contributed by atoms with Crippen LogP contribution in [-0.4, -0.2) is 22.5 Å². The molecular formula is C15H16N2O5. The first-order chi connectivity index (χ1) is 10.5. The maximum atomic E-state index is 12.0. The summed E-state index contributed by atoms with van der Waals surface area (Å²) in [6.07, 6.45) is 1.46. The first kappa shape index (κ1) is 15.7. The number of benzene rings is 1. The number of hydrogen-bond acceptors (Lipinski definition) is 6. The molecule has 0 aliphatic heterocycles. The molecule has 1 aromatic carbocycles. The fourth-order valence-electron chi connectivity index (χ4n) is 2.04. The Kier molecular flexibility index (Phi) is 4.88. The normalized spacial score (nSPS) is 10.7. The second-order valence-corrected chi connectivity index (χ2v) is 4.99. The van der Waals surface area contributed by atoms with E-state index in [1.807, 2.05) is 13.8 Å². The van der Waals surface area contributed by atoms with Crippen LogP contribution in [0.2, 0.25) is 0 Å². The minimum absolute atomic E-state index is 0.0141. The molecule has 0 aliphatic carbocycles. The third-order valence-corrected chi connectivity index (χ3v) is 3.11. The molecule has 0 amide bonds. The molecule has 0 saturated carbocycles. The molecule has 116 valence electrons. The average molecular weight is 304 g/mol. The second-order valence-electron chi connectivity index (χ2n) is 4.99. The number of carbonyl (C=O) groups is 1. The van der Waals surface area contributed by atoms with Gasteiger partial charge in [0.2, 0.25) is 0 Å². The van der Waals surface area contributed by atoms with Crippen molar-refractivity contribution in [1.82, 2.24) is 4.98 Å². The van der Waals surface area contributed by atoms with Gasteiger partial charge < -0.3 is 9.15 Å². The van der Waals surface area contributed by atoms with Gasteiger partial charge in [0.15, 0.2) is 12.1 Å². The highest BCUT2D eigenvalue weighted by Gasteiger charge is 2.21. The summed E-state index contributed by atoms with van der Waals surface area (Å²) in [6, 6.07) is 6.36. The van der Waals surface area contributed by atoms with Crippen molar-refractivity contribution >= 4 is 11.7 Å².